The van der Waals surface area contributed by atoms with Crippen LogP contribution in [-0.4, -0.2) is 28.1 Å². The number of rotatable bonds is 7. The van der Waals surface area contributed by atoms with E-state index in [1.54, 1.807) is 0 Å². The Morgan fingerprint density at radius 2 is 1.86 bits per heavy atom. The van der Waals surface area contributed by atoms with Crippen LogP contribution in [0.5, 0.6) is 6.01 Å². The van der Waals surface area contributed by atoms with Gasteiger partial charge in [0.2, 0.25) is 11.9 Å². The van der Waals surface area contributed by atoms with Gasteiger partial charge in [0.05, 0.1) is 7.11 Å². The first-order chi connectivity index (χ1) is 10.2. The maximum Gasteiger partial charge on any atom is 0.322 e. The van der Waals surface area contributed by atoms with E-state index in [2.05, 4.69) is 44.8 Å². The molecule has 112 valence electrons. The predicted octanol–water partition coefficient (Wildman–Crippen LogP) is 1.60. The lowest BCUT2D eigenvalue weighted by Gasteiger charge is -2.14. The monoisotopic (exact) mass is 288 g/mol. The van der Waals surface area contributed by atoms with Gasteiger partial charge in [0.1, 0.15) is 0 Å². The second-order valence-corrected chi connectivity index (χ2v) is 4.68. The van der Waals surface area contributed by atoms with Gasteiger partial charge in [0.15, 0.2) is 0 Å². The van der Waals surface area contributed by atoms with Crippen LogP contribution in [-0.2, 0) is 6.42 Å². The number of benzene rings is 1. The SMILES string of the molecule is COc1nc(NN)nc(NC(C)CCc2ccccc2)n1. The fraction of sp³-hybridized carbons (Fsp3) is 0.357. The number of aromatic nitrogens is 3. The predicted molar refractivity (Wildman–Crippen MR) is 82.0 cm³/mol. The Bertz CT molecular complexity index is 540. The van der Waals surface area contributed by atoms with Crippen molar-refractivity contribution in [3.05, 3.63) is 35.9 Å². The van der Waals surface area contributed by atoms with Crippen LogP contribution < -0.4 is 21.3 Å². The summed E-state index contributed by atoms with van der Waals surface area (Å²) >= 11 is 0. The van der Waals surface area contributed by atoms with Crippen LogP contribution in [0, 0.1) is 0 Å². The van der Waals surface area contributed by atoms with Crippen LogP contribution in [0.3, 0.4) is 0 Å². The molecule has 1 heterocycles. The first-order valence-corrected chi connectivity index (χ1v) is 6.78. The number of nitrogens with one attached hydrogen (secondary N) is 2. The van der Waals surface area contributed by atoms with Gasteiger partial charge in [0, 0.05) is 6.04 Å². The molecule has 0 aliphatic rings. The van der Waals surface area contributed by atoms with E-state index in [1.807, 2.05) is 18.2 Å². The minimum atomic E-state index is 0.211. The van der Waals surface area contributed by atoms with Crippen molar-refractivity contribution in [2.45, 2.75) is 25.8 Å². The smallest absolute Gasteiger partial charge is 0.322 e. The fourth-order valence-electron chi connectivity index (χ4n) is 1.90. The summed E-state index contributed by atoms with van der Waals surface area (Å²) in [6, 6.07) is 10.8. The largest absolute Gasteiger partial charge is 0.467 e. The molecule has 1 atom stereocenters. The number of nitrogens with zero attached hydrogens (tertiary/aromatic N) is 3. The summed E-state index contributed by atoms with van der Waals surface area (Å²) in [5, 5.41) is 3.22. The number of nitrogen functional groups attached to an aromatic ring is 1. The van der Waals surface area contributed by atoms with Gasteiger partial charge in [-0.15, -0.1) is 0 Å². The molecule has 2 aromatic rings. The topological polar surface area (TPSA) is 98.0 Å². The molecular weight excluding hydrogens is 268 g/mol. The van der Waals surface area contributed by atoms with Gasteiger partial charge in [0.25, 0.3) is 0 Å². The van der Waals surface area contributed by atoms with Crippen molar-refractivity contribution < 1.29 is 4.74 Å². The Hall–Kier alpha value is -2.41. The quantitative estimate of drug-likeness (QED) is 0.526. The van der Waals surface area contributed by atoms with Crippen molar-refractivity contribution in [3.63, 3.8) is 0 Å². The van der Waals surface area contributed by atoms with Gasteiger partial charge >= 0.3 is 6.01 Å². The van der Waals surface area contributed by atoms with E-state index in [-0.39, 0.29) is 18.0 Å². The first kappa shape index (κ1) is 15.0. The number of methoxy groups -OCH3 is 1. The van der Waals surface area contributed by atoms with Gasteiger partial charge in [-0.3, -0.25) is 5.43 Å². The number of ether oxygens (including phenoxy) is 1. The van der Waals surface area contributed by atoms with Gasteiger partial charge in [-0.05, 0) is 25.3 Å². The van der Waals surface area contributed by atoms with Crippen molar-refractivity contribution in [2.75, 3.05) is 17.9 Å². The van der Waals surface area contributed by atoms with Crippen LogP contribution in [0.1, 0.15) is 18.9 Å². The normalized spacial score (nSPS) is 11.8. The molecule has 1 aromatic carbocycles. The molecule has 0 spiro atoms. The van der Waals surface area contributed by atoms with Crippen LogP contribution >= 0.6 is 0 Å². The molecule has 0 fully saturated rings. The molecule has 1 unspecified atom stereocenters. The van der Waals surface area contributed by atoms with E-state index < -0.39 is 0 Å². The van der Waals surface area contributed by atoms with E-state index in [1.165, 1.54) is 12.7 Å². The molecule has 0 saturated heterocycles. The molecule has 2 rings (SSSR count). The van der Waals surface area contributed by atoms with E-state index in [4.69, 9.17) is 10.6 Å². The zero-order chi connectivity index (χ0) is 15.1. The zero-order valence-electron chi connectivity index (χ0n) is 12.2. The average molecular weight is 288 g/mol. The van der Waals surface area contributed by atoms with Gasteiger partial charge in [-0.25, -0.2) is 5.84 Å². The third kappa shape index (κ3) is 4.57. The minimum absolute atomic E-state index is 0.211. The number of hydrogen-bond donors (Lipinski definition) is 3. The zero-order valence-corrected chi connectivity index (χ0v) is 12.2. The molecule has 0 amide bonds. The molecule has 1 aromatic heterocycles. The Labute approximate surface area is 123 Å². The molecule has 21 heavy (non-hydrogen) atoms. The van der Waals surface area contributed by atoms with Crippen molar-refractivity contribution in [1.29, 1.82) is 0 Å². The highest BCUT2D eigenvalue weighted by Crippen LogP contribution is 2.12. The second kappa shape index (κ2) is 7.39. The Kier molecular flexibility index (Phi) is 5.28. The van der Waals surface area contributed by atoms with Crippen molar-refractivity contribution in [3.8, 4) is 6.01 Å². The lowest BCUT2D eigenvalue weighted by Crippen LogP contribution is -2.20. The summed E-state index contributed by atoms with van der Waals surface area (Å²) in [6.07, 6.45) is 1.95. The maximum absolute atomic E-state index is 5.32. The number of aryl methyl sites for hydroxylation is 1. The molecule has 0 aliphatic carbocycles. The lowest BCUT2D eigenvalue weighted by atomic mass is 10.1. The Balaban J connectivity index is 1.94. The molecule has 0 saturated carbocycles. The molecule has 7 heteroatoms. The molecule has 4 N–H and O–H groups in total. The summed E-state index contributed by atoms with van der Waals surface area (Å²) in [5.74, 6) is 6.03. The molecule has 0 bridgehead atoms. The summed E-state index contributed by atoms with van der Waals surface area (Å²) in [4.78, 5) is 12.2. The lowest BCUT2D eigenvalue weighted by molar-refractivity contribution is 0.379. The molecular formula is C14H20N6O. The summed E-state index contributed by atoms with van der Waals surface area (Å²) < 4.78 is 5.01. The van der Waals surface area contributed by atoms with Crippen LogP contribution in [0.2, 0.25) is 0 Å². The van der Waals surface area contributed by atoms with Gasteiger partial charge in [-0.2, -0.15) is 15.0 Å². The fourth-order valence-corrected chi connectivity index (χ4v) is 1.90. The molecule has 7 nitrogen and oxygen atoms in total. The van der Waals surface area contributed by atoms with E-state index in [0.717, 1.165) is 12.8 Å². The molecule has 0 radical (unpaired) electrons. The third-order valence-corrected chi connectivity index (χ3v) is 3.01. The highest BCUT2D eigenvalue weighted by Gasteiger charge is 2.09. The standard InChI is InChI=1S/C14H20N6O/c1-10(8-9-11-6-4-3-5-7-11)16-12-17-13(20-15)19-14(18-12)21-2/h3-7,10H,8-9,15H2,1-2H3,(H2,16,17,18,19,20). The summed E-state index contributed by atoms with van der Waals surface area (Å²) in [5.41, 5.74) is 3.70. The molecule has 0 aliphatic heterocycles. The maximum atomic E-state index is 5.32. The highest BCUT2D eigenvalue weighted by atomic mass is 16.5. The summed E-state index contributed by atoms with van der Waals surface area (Å²) in [6.45, 7) is 2.08. The number of hydrogen-bond acceptors (Lipinski definition) is 7. The van der Waals surface area contributed by atoms with E-state index >= 15 is 0 Å². The minimum Gasteiger partial charge on any atom is -0.467 e. The third-order valence-electron chi connectivity index (χ3n) is 3.01. The van der Waals surface area contributed by atoms with Crippen molar-refractivity contribution in [2.24, 2.45) is 5.84 Å². The first-order valence-electron chi connectivity index (χ1n) is 6.78. The second-order valence-electron chi connectivity index (χ2n) is 4.68. The summed E-state index contributed by atoms with van der Waals surface area (Å²) in [7, 11) is 1.50. The van der Waals surface area contributed by atoms with Crippen LogP contribution in [0.25, 0.3) is 0 Å². The van der Waals surface area contributed by atoms with Gasteiger partial charge < -0.3 is 10.1 Å². The highest BCUT2D eigenvalue weighted by molar-refractivity contribution is 5.35. The van der Waals surface area contributed by atoms with E-state index in [9.17, 15) is 0 Å². The van der Waals surface area contributed by atoms with Crippen molar-refractivity contribution in [1.82, 2.24) is 15.0 Å². The van der Waals surface area contributed by atoms with Gasteiger partial charge in [-0.1, -0.05) is 30.3 Å². The average Bonchev–Trinajstić information content (AvgIpc) is 2.53. The van der Waals surface area contributed by atoms with E-state index in [0.29, 0.717) is 5.95 Å². The number of hydrazine groups is 1. The Morgan fingerprint density at radius 1 is 1.14 bits per heavy atom. The van der Waals surface area contributed by atoms with Crippen LogP contribution in [0.4, 0.5) is 11.9 Å². The van der Waals surface area contributed by atoms with Crippen LogP contribution in [0.15, 0.2) is 30.3 Å². The number of nitrogens with two attached hydrogens (primary N) is 1. The Morgan fingerprint density at radius 3 is 2.52 bits per heavy atom. The number of anilines is 2. The van der Waals surface area contributed by atoms with Crippen molar-refractivity contribution >= 4 is 11.9 Å².